The fourth-order valence-corrected chi connectivity index (χ4v) is 10.1. The van der Waals surface area contributed by atoms with Gasteiger partial charge in [-0.05, 0) is 116 Å². The van der Waals surface area contributed by atoms with Gasteiger partial charge in [-0.3, -0.25) is 0 Å². The highest BCUT2D eigenvalue weighted by atomic mass is 16.5. The van der Waals surface area contributed by atoms with Gasteiger partial charge in [0, 0.05) is 22.1 Å². The predicted molar refractivity (Wildman–Crippen MR) is 248 cm³/mol. The molecular weight excluding hydrogens is 701 g/mol. The smallest absolute Gasteiger partial charge is 0.139 e. The first-order valence-electron chi connectivity index (χ1n) is 20.3. The summed E-state index contributed by atoms with van der Waals surface area (Å²) in [5.74, 6) is 1.87. The van der Waals surface area contributed by atoms with Gasteiger partial charge in [-0.25, -0.2) is 0 Å². The van der Waals surface area contributed by atoms with Crippen molar-refractivity contribution < 1.29 is 4.74 Å². The number of benzene rings is 9. The van der Waals surface area contributed by atoms with E-state index in [9.17, 15) is 0 Å². The number of para-hydroxylation sites is 2. The quantitative estimate of drug-likeness (QED) is 0.163. The lowest BCUT2D eigenvalue weighted by molar-refractivity contribution is 0.419. The summed E-state index contributed by atoms with van der Waals surface area (Å²) < 4.78 is 6.81. The van der Waals surface area contributed by atoms with Crippen LogP contribution in [0.25, 0.3) is 97.3 Å². The largest absolute Gasteiger partial charge is 0.456 e. The number of rotatable bonds is 1. The molecule has 1 aliphatic heterocycles. The molecule has 0 radical (unpaired) electrons. The summed E-state index contributed by atoms with van der Waals surface area (Å²) in [6, 6.07) is 71.8. The summed E-state index contributed by atoms with van der Waals surface area (Å²) in [7, 11) is 0. The molecule has 0 saturated carbocycles. The maximum atomic E-state index is 6.81. The molecule has 0 atom stereocenters. The van der Waals surface area contributed by atoms with Crippen LogP contribution in [0, 0.1) is 0 Å². The van der Waals surface area contributed by atoms with Gasteiger partial charge in [-0.1, -0.05) is 184 Å². The van der Waals surface area contributed by atoms with E-state index in [4.69, 9.17) is 4.74 Å². The van der Waals surface area contributed by atoms with Crippen LogP contribution in [0.5, 0.6) is 11.5 Å². The zero-order valence-electron chi connectivity index (χ0n) is 32.4. The Morgan fingerprint density at radius 3 is 1.09 bits per heavy atom. The fraction of sp³-hybridized carbons (Fsp3) is 0.0526. The second-order valence-corrected chi connectivity index (χ2v) is 16.3. The molecule has 0 aromatic heterocycles. The summed E-state index contributed by atoms with van der Waals surface area (Å²) in [6.07, 6.45) is 0. The lowest BCUT2D eigenvalue weighted by Gasteiger charge is -2.35. The van der Waals surface area contributed by atoms with Crippen molar-refractivity contribution in [1.29, 1.82) is 0 Å². The zero-order chi connectivity index (χ0) is 38.5. The van der Waals surface area contributed by atoms with Crippen molar-refractivity contribution in [3.05, 3.63) is 205 Å². The summed E-state index contributed by atoms with van der Waals surface area (Å²) in [6.45, 7) is 4.61. The van der Waals surface area contributed by atoms with Gasteiger partial charge < -0.3 is 4.74 Å². The molecule has 0 bridgehead atoms. The van der Waals surface area contributed by atoms with Crippen LogP contribution in [-0.2, 0) is 5.41 Å². The van der Waals surface area contributed by atoms with Crippen LogP contribution in [0.4, 0.5) is 0 Å². The Hall–Kier alpha value is -7.22. The standard InChI is InChI=1S/C57H38O/c1-57(2)53-27-13-14-29-55(53)58-56-36(26-15-28-54(56)57)35-30-31-47-41-20-7-10-23-44(41)51-33-49-42-21-8-5-18-39(42)37-16-3-4-17-38(37)40-19-6-9-22-43(40)50(49)34-52(51)46-25-12-11-24-45(46)48(47)32-35/h3-34H,1-2H3. The first-order chi connectivity index (χ1) is 28.5. The maximum absolute atomic E-state index is 6.81. The van der Waals surface area contributed by atoms with E-state index in [-0.39, 0.29) is 5.41 Å². The Bertz CT molecular complexity index is 3630. The van der Waals surface area contributed by atoms with Crippen LogP contribution in [0.1, 0.15) is 25.0 Å². The predicted octanol–water partition coefficient (Wildman–Crippen LogP) is 16.1. The molecule has 1 heteroatoms. The summed E-state index contributed by atoms with van der Waals surface area (Å²) in [5, 5.41) is 19.8. The van der Waals surface area contributed by atoms with E-state index in [2.05, 4.69) is 208 Å². The SMILES string of the molecule is CC1(C)c2ccccc2Oc2c(-c3ccc4c5ccccc5c5cc6c7ccccc7c7ccccc7c7ccccc7c6cc5c5ccccc5c4c3)cccc21. The Kier molecular flexibility index (Phi) is 7.04. The molecule has 0 unspecified atom stereocenters. The van der Waals surface area contributed by atoms with Crippen LogP contribution in [0.3, 0.4) is 0 Å². The van der Waals surface area contributed by atoms with Gasteiger partial charge >= 0.3 is 0 Å². The third kappa shape index (κ3) is 4.71. The molecule has 0 saturated heterocycles. The third-order valence-corrected chi connectivity index (χ3v) is 12.9. The topological polar surface area (TPSA) is 9.23 Å². The lowest BCUT2D eigenvalue weighted by atomic mass is 9.75. The monoisotopic (exact) mass is 738 g/mol. The molecule has 272 valence electrons. The first kappa shape index (κ1) is 33.0. The van der Waals surface area contributed by atoms with Crippen molar-refractivity contribution in [1.82, 2.24) is 0 Å². The minimum Gasteiger partial charge on any atom is -0.456 e. The van der Waals surface area contributed by atoms with E-state index in [1.165, 1.54) is 97.3 Å². The molecule has 0 N–H and O–H groups in total. The molecule has 11 aromatic carbocycles. The van der Waals surface area contributed by atoms with E-state index in [1.54, 1.807) is 0 Å². The fourth-order valence-electron chi connectivity index (χ4n) is 10.1. The molecule has 0 amide bonds. The minimum atomic E-state index is -0.197. The Labute approximate surface area is 336 Å². The molecule has 0 fully saturated rings. The molecule has 1 aliphatic rings. The minimum absolute atomic E-state index is 0.197. The molecular formula is C57H38O. The second-order valence-electron chi connectivity index (χ2n) is 16.3. The summed E-state index contributed by atoms with van der Waals surface area (Å²) >= 11 is 0. The number of ether oxygens (including phenoxy) is 1. The average Bonchev–Trinajstić information content (AvgIpc) is 3.27. The summed E-state index contributed by atoms with van der Waals surface area (Å²) in [5.41, 5.74) is 4.47. The molecule has 12 rings (SSSR count). The van der Waals surface area contributed by atoms with Crippen LogP contribution in [0.15, 0.2) is 194 Å². The number of hydrogen-bond acceptors (Lipinski definition) is 1. The van der Waals surface area contributed by atoms with Crippen LogP contribution < -0.4 is 4.74 Å². The average molecular weight is 739 g/mol. The second kappa shape index (κ2) is 12.4. The van der Waals surface area contributed by atoms with Gasteiger partial charge in [-0.2, -0.15) is 0 Å². The first-order valence-corrected chi connectivity index (χ1v) is 20.3. The highest BCUT2D eigenvalue weighted by Crippen LogP contribution is 2.51. The normalized spacial score (nSPS) is 13.3. The van der Waals surface area contributed by atoms with Gasteiger partial charge in [0.1, 0.15) is 11.5 Å². The number of hydrogen-bond donors (Lipinski definition) is 0. The van der Waals surface area contributed by atoms with E-state index in [0.717, 1.165) is 22.6 Å². The van der Waals surface area contributed by atoms with E-state index >= 15 is 0 Å². The number of fused-ring (bicyclic) bond motifs is 18. The van der Waals surface area contributed by atoms with Crippen LogP contribution in [0.2, 0.25) is 0 Å². The van der Waals surface area contributed by atoms with E-state index < -0.39 is 0 Å². The molecule has 0 aliphatic carbocycles. The Morgan fingerprint density at radius 2 is 0.638 bits per heavy atom. The van der Waals surface area contributed by atoms with E-state index in [1.807, 2.05) is 0 Å². The van der Waals surface area contributed by atoms with Gasteiger partial charge in [0.15, 0.2) is 0 Å². The highest BCUT2D eigenvalue weighted by Gasteiger charge is 2.35. The summed E-state index contributed by atoms with van der Waals surface area (Å²) in [4.78, 5) is 0. The molecule has 58 heavy (non-hydrogen) atoms. The third-order valence-electron chi connectivity index (χ3n) is 12.9. The van der Waals surface area contributed by atoms with Crippen molar-refractivity contribution in [3.63, 3.8) is 0 Å². The van der Waals surface area contributed by atoms with Crippen molar-refractivity contribution in [2.75, 3.05) is 0 Å². The van der Waals surface area contributed by atoms with Crippen molar-refractivity contribution in [3.8, 4) is 22.6 Å². The van der Waals surface area contributed by atoms with Crippen molar-refractivity contribution >= 4 is 86.2 Å². The maximum Gasteiger partial charge on any atom is 0.139 e. The molecule has 1 nitrogen and oxygen atoms in total. The zero-order valence-corrected chi connectivity index (χ0v) is 32.4. The van der Waals surface area contributed by atoms with Gasteiger partial charge in [-0.15, -0.1) is 0 Å². The Balaban J connectivity index is 1.25. The molecule has 11 aromatic rings. The van der Waals surface area contributed by atoms with Gasteiger partial charge in [0.25, 0.3) is 0 Å². The molecule has 1 heterocycles. The van der Waals surface area contributed by atoms with Gasteiger partial charge in [0.2, 0.25) is 0 Å². The lowest BCUT2D eigenvalue weighted by Crippen LogP contribution is -2.24. The van der Waals surface area contributed by atoms with Crippen molar-refractivity contribution in [2.24, 2.45) is 0 Å². The van der Waals surface area contributed by atoms with Crippen molar-refractivity contribution in [2.45, 2.75) is 19.3 Å². The van der Waals surface area contributed by atoms with E-state index in [0.29, 0.717) is 0 Å². The molecule has 0 spiro atoms. The van der Waals surface area contributed by atoms with Crippen LogP contribution >= 0.6 is 0 Å². The Morgan fingerprint density at radius 1 is 0.293 bits per heavy atom. The van der Waals surface area contributed by atoms with Gasteiger partial charge in [0.05, 0.1) is 0 Å². The van der Waals surface area contributed by atoms with Crippen LogP contribution in [-0.4, -0.2) is 0 Å². The highest BCUT2D eigenvalue weighted by molar-refractivity contribution is 6.32.